The second-order valence-electron chi connectivity index (χ2n) is 5.92. The summed E-state index contributed by atoms with van der Waals surface area (Å²) in [6.45, 7) is 5.36. The number of aromatic nitrogens is 4. The maximum atomic E-state index is 5.95. The molecule has 116 valence electrons. The SMILES string of the molecule is Cc1cc(C)cc(NC(N)=NCc2nnnn2CC2CC2)c1. The number of guanidine groups is 1. The minimum Gasteiger partial charge on any atom is -0.370 e. The monoisotopic (exact) mass is 299 g/mol. The summed E-state index contributed by atoms with van der Waals surface area (Å²) >= 11 is 0. The second kappa shape index (κ2) is 6.13. The van der Waals surface area contributed by atoms with Crippen LogP contribution >= 0.6 is 0 Å². The van der Waals surface area contributed by atoms with Gasteiger partial charge in [0.15, 0.2) is 11.8 Å². The lowest BCUT2D eigenvalue weighted by Gasteiger charge is -2.08. The van der Waals surface area contributed by atoms with Crippen LogP contribution in [0.25, 0.3) is 0 Å². The minimum absolute atomic E-state index is 0.367. The first-order chi connectivity index (χ1) is 10.6. The van der Waals surface area contributed by atoms with Gasteiger partial charge in [0, 0.05) is 12.2 Å². The van der Waals surface area contributed by atoms with Gasteiger partial charge in [0.25, 0.3) is 0 Å². The molecular weight excluding hydrogens is 278 g/mol. The number of nitrogens with zero attached hydrogens (tertiary/aromatic N) is 5. The van der Waals surface area contributed by atoms with Crippen molar-refractivity contribution < 1.29 is 0 Å². The predicted octanol–water partition coefficient (Wildman–Crippen LogP) is 1.63. The molecule has 0 spiro atoms. The van der Waals surface area contributed by atoms with Crippen molar-refractivity contribution in [2.24, 2.45) is 16.6 Å². The lowest BCUT2D eigenvalue weighted by Crippen LogP contribution is -2.23. The summed E-state index contributed by atoms with van der Waals surface area (Å²) in [5.41, 5.74) is 9.26. The molecule has 0 saturated heterocycles. The summed E-state index contributed by atoms with van der Waals surface area (Å²) in [5.74, 6) is 1.83. The van der Waals surface area contributed by atoms with E-state index in [2.05, 4.69) is 45.7 Å². The highest BCUT2D eigenvalue weighted by Crippen LogP contribution is 2.30. The van der Waals surface area contributed by atoms with E-state index in [1.807, 2.05) is 16.8 Å². The predicted molar refractivity (Wildman–Crippen MR) is 85.4 cm³/mol. The van der Waals surface area contributed by atoms with E-state index in [1.54, 1.807) is 0 Å². The Balaban J connectivity index is 1.63. The van der Waals surface area contributed by atoms with Crippen molar-refractivity contribution in [1.82, 2.24) is 20.2 Å². The number of nitrogens with two attached hydrogens (primary N) is 1. The van der Waals surface area contributed by atoms with Crippen LogP contribution in [-0.2, 0) is 13.1 Å². The van der Waals surface area contributed by atoms with Gasteiger partial charge in [0.2, 0.25) is 0 Å². The Morgan fingerprint density at radius 3 is 2.73 bits per heavy atom. The molecule has 1 fully saturated rings. The molecule has 7 nitrogen and oxygen atoms in total. The second-order valence-corrected chi connectivity index (χ2v) is 5.92. The van der Waals surface area contributed by atoms with Crippen LogP contribution in [0.15, 0.2) is 23.2 Å². The number of aliphatic imine (C=N–C) groups is 1. The van der Waals surface area contributed by atoms with Crippen LogP contribution in [0.5, 0.6) is 0 Å². The molecule has 0 unspecified atom stereocenters. The van der Waals surface area contributed by atoms with E-state index in [9.17, 15) is 0 Å². The summed E-state index contributed by atoms with van der Waals surface area (Å²) in [6, 6.07) is 6.18. The van der Waals surface area contributed by atoms with E-state index < -0.39 is 0 Å². The number of nitrogens with one attached hydrogen (secondary N) is 1. The Morgan fingerprint density at radius 2 is 2.05 bits per heavy atom. The summed E-state index contributed by atoms with van der Waals surface area (Å²) < 4.78 is 1.82. The van der Waals surface area contributed by atoms with Crippen molar-refractivity contribution >= 4 is 11.6 Å². The molecule has 1 aromatic carbocycles. The van der Waals surface area contributed by atoms with Crippen LogP contribution in [0.4, 0.5) is 5.69 Å². The quantitative estimate of drug-likeness (QED) is 0.646. The molecule has 1 aliphatic carbocycles. The van der Waals surface area contributed by atoms with Crippen molar-refractivity contribution in [3.8, 4) is 0 Å². The molecule has 3 rings (SSSR count). The Kier molecular flexibility index (Phi) is 4.04. The van der Waals surface area contributed by atoms with Gasteiger partial charge in [-0.15, -0.1) is 5.10 Å². The van der Waals surface area contributed by atoms with Gasteiger partial charge in [0.05, 0.1) is 0 Å². The molecular formula is C15H21N7. The molecule has 1 aliphatic rings. The molecule has 1 saturated carbocycles. The first kappa shape index (κ1) is 14.5. The highest BCUT2D eigenvalue weighted by Gasteiger charge is 2.23. The lowest BCUT2D eigenvalue weighted by atomic mass is 10.1. The fourth-order valence-corrected chi connectivity index (χ4v) is 2.41. The van der Waals surface area contributed by atoms with Gasteiger partial charge >= 0.3 is 0 Å². The number of anilines is 1. The normalized spacial score (nSPS) is 15.1. The van der Waals surface area contributed by atoms with E-state index >= 15 is 0 Å². The van der Waals surface area contributed by atoms with E-state index in [4.69, 9.17) is 5.73 Å². The van der Waals surface area contributed by atoms with Crippen molar-refractivity contribution in [1.29, 1.82) is 0 Å². The third-order valence-corrected chi connectivity index (χ3v) is 3.62. The van der Waals surface area contributed by atoms with Crippen molar-refractivity contribution in [3.05, 3.63) is 35.2 Å². The lowest BCUT2D eigenvalue weighted by molar-refractivity contribution is 0.524. The molecule has 22 heavy (non-hydrogen) atoms. The Bertz CT molecular complexity index is 665. The smallest absolute Gasteiger partial charge is 0.193 e. The molecule has 0 amide bonds. The Morgan fingerprint density at radius 1 is 1.32 bits per heavy atom. The number of tetrazole rings is 1. The van der Waals surface area contributed by atoms with Crippen LogP contribution < -0.4 is 11.1 Å². The van der Waals surface area contributed by atoms with Crippen LogP contribution in [0.1, 0.15) is 29.8 Å². The highest BCUT2D eigenvalue weighted by atomic mass is 15.5. The summed E-state index contributed by atoms with van der Waals surface area (Å²) in [7, 11) is 0. The van der Waals surface area contributed by atoms with Gasteiger partial charge in [-0.3, -0.25) is 0 Å². The number of benzene rings is 1. The van der Waals surface area contributed by atoms with E-state index in [-0.39, 0.29) is 0 Å². The van der Waals surface area contributed by atoms with E-state index in [1.165, 1.54) is 24.0 Å². The van der Waals surface area contributed by atoms with Crippen LogP contribution in [-0.4, -0.2) is 26.2 Å². The van der Waals surface area contributed by atoms with Gasteiger partial charge < -0.3 is 11.1 Å². The van der Waals surface area contributed by atoms with Crippen molar-refractivity contribution in [2.75, 3.05) is 5.32 Å². The molecule has 0 atom stereocenters. The first-order valence-corrected chi connectivity index (χ1v) is 7.50. The Labute approximate surface area is 129 Å². The minimum atomic E-state index is 0.367. The molecule has 0 bridgehead atoms. The average Bonchev–Trinajstić information content (AvgIpc) is 3.13. The summed E-state index contributed by atoms with van der Waals surface area (Å²) in [5, 5.41) is 14.9. The van der Waals surface area contributed by atoms with Crippen molar-refractivity contribution in [2.45, 2.75) is 39.8 Å². The largest absolute Gasteiger partial charge is 0.370 e. The fourth-order valence-electron chi connectivity index (χ4n) is 2.41. The first-order valence-electron chi connectivity index (χ1n) is 7.50. The molecule has 0 radical (unpaired) electrons. The number of rotatable bonds is 5. The van der Waals surface area contributed by atoms with Gasteiger partial charge in [-0.05, 0) is 66.3 Å². The number of hydrogen-bond acceptors (Lipinski definition) is 4. The molecule has 2 aromatic rings. The van der Waals surface area contributed by atoms with Gasteiger partial charge in [-0.1, -0.05) is 6.07 Å². The maximum absolute atomic E-state index is 5.95. The molecule has 0 aliphatic heterocycles. The third-order valence-electron chi connectivity index (χ3n) is 3.62. The molecule has 1 aromatic heterocycles. The molecule has 3 N–H and O–H groups in total. The molecule has 1 heterocycles. The van der Waals surface area contributed by atoms with E-state index in [0.29, 0.717) is 12.5 Å². The van der Waals surface area contributed by atoms with Crippen molar-refractivity contribution in [3.63, 3.8) is 0 Å². The zero-order valence-corrected chi connectivity index (χ0v) is 13.0. The van der Waals surface area contributed by atoms with Gasteiger partial charge in [-0.2, -0.15) is 0 Å². The van der Waals surface area contributed by atoms with E-state index in [0.717, 1.165) is 24.0 Å². The summed E-state index contributed by atoms with van der Waals surface area (Å²) in [4.78, 5) is 4.33. The van der Waals surface area contributed by atoms with Crippen LogP contribution in [0.3, 0.4) is 0 Å². The number of hydrogen-bond donors (Lipinski definition) is 2. The Hall–Kier alpha value is -2.44. The van der Waals surface area contributed by atoms with Crippen LogP contribution in [0, 0.1) is 19.8 Å². The highest BCUT2D eigenvalue weighted by molar-refractivity contribution is 5.92. The van der Waals surface area contributed by atoms with Crippen LogP contribution in [0.2, 0.25) is 0 Å². The van der Waals surface area contributed by atoms with Gasteiger partial charge in [0.1, 0.15) is 6.54 Å². The third kappa shape index (κ3) is 3.81. The average molecular weight is 299 g/mol. The molecule has 7 heteroatoms. The van der Waals surface area contributed by atoms with Gasteiger partial charge in [-0.25, -0.2) is 9.67 Å². The summed E-state index contributed by atoms with van der Waals surface area (Å²) in [6.07, 6.45) is 2.53. The zero-order valence-electron chi connectivity index (χ0n) is 13.0. The topological polar surface area (TPSA) is 94.0 Å². The number of aryl methyl sites for hydroxylation is 2. The maximum Gasteiger partial charge on any atom is 0.193 e. The fraction of sp³-hybridized carbons (Fsp3) is 0.467. The standard InChI is InChI=1S/C15H21N7/c1-10-5-11(2)7-13(6-10)18-15(16)17-8-14-19-20-21-22(14)9-12-3-4-12/h5-7,12H,3-4,8-9H2,1-2H3,(H3,16,17,18). The zero-order chi connectivity index (χ0) is 15.5.